The molecule has 0 aliphatic heterocycles. The third-order valence-corrected chi connectivity index (χ3v) is 2.29. The Morgan fingerprint density at radius 2 is 2.27 bits per heavy atom. The van der Waals surface area contributed by atoms with Gasteiger partial charge in [-0.1, -0.05) is 6.42 Å². The number of rotatable bonds is 0. The molecule has 0 unspecified atom stereocenters. The van der Waals surface area contributed by atoms with Gasteiger partial charge >= 0.3 is 0 Å². The number of hydrogen-bond donors (Lipinski definition) is 1. The smallest absolute Gasteiger partial charge is 0.0687 e. The first kappa shape index (κ1) is 10.7. The average Bonchev–Trinajstić information content (AvgIpc) is 1.88. The van der Waals surface area contributed by atoms with Crippen LogP contribution in [0.3, 0.4) is 0 Å². The maximum absolute atomic E-state index is 8.76. The maximum atomic E-state index is 8.76. The summed E-state index contributed by atoms with van der Waals surface area (Å²) in [6.07, 6.45) is 4.11. The minimum Gasteiger partial charge on any atom is -0.328 e. The molecule has 2 atom stereocenters. The van der Waals surface area contributed by atoms with Crippen molar-refractivity contribution in [2.75, 3.05) is 0 Å². The molecule has 2 nitrogen and oxygen atoms in total. The first-order chi connectivity index (χ1) is 4.66. The van der Waals surface area contributed by atoms with Gasteiger partial charge in [-0.15, -0.1) is 12.4 Å². The van der Waals surface area contributed by atoms with Gasteiger partial charge < -0.3 is 5.73 Å². The van der Waals surface area contributed by atoms with E-state index in [2.05, 4.69) is 6.07 Å². The number of nitrogens with zero attached hydrogens (tertiary/aromatic N) is 1. The van der Waals surface area contributed by atoms with Gasteiger partial charge in [0.1, 0.15) is 0 Å². The van der Waals surface area contributed by atoms with E-state index >= 15 is 0 Å². The molecule has 0 spiro atoms. The van der Waals surface area contributed by atoms with Crippen LogP contribution < -0.4 is 5.73 Å². The van der Waals surface area contributed by atoms with Crippen molar-refractivity contribution in [3.8, 4) is 6.07 Å². The molecule has 0 saturated heterocycles. The summed E-state index contributed by atoms with van der Waals surface area (Å²) >= 11 is 0. The quantitative estimate of drug-likeness (QED) is 0.609. The lowest BCUT2D eigenvalue weighted by molar-refractivity contribution is 0.267. The molecule has 1 rings (SSSR count). The van der Waals surface area contributed by atoms with E-state index in [-0.39, 0.29) is 23.9 Å². The molecule has 1 aliphatic carbocycles. The lowest BCUT2D eigenvalue weighted by atomic mass is 9.75. The van der Waals surface area contributed by atoms with Crippen molar-refractivity contribution in [1.29, 1.82) is 5.26 Å². The van der Waals surface area contributed by atoms with Gasteiger partial charge in [0.15, 0.2) is 0 Å². The van der Waals surface area contributed by atoms with Crippen molar-refractivity contribution in [2.24, 2.45) is 11.1 Å². The number of nitrogens with two attached hydrogens (primary N) is 1. The van der Waals surface area contributed by atoms with Gasteiger partial charge in [-0.05, 0) is 26.2 Å². The zero-order chi connectivity index (χ0) is 7.61. The topological polar surface area (TPSA) is 49.8 Å². The second-order valence-electron chi connectivity index (χ2n) is 3.53. The van der Waals surface area contributed by atoms with Crippen molar-refractivity contribution in [1.82, 2.24) is 0 Å². The Bertz CT molecular complexity index is 164. The molecule has 0 radical (unpaired) electrons. The fraction of sp³-hybridized carbons (Fsp3) is 0.875. The first-order valence-electron chi connectivity index (χ1n) is 3.83. The molecule has 1 aliphatic rings. The highest BCUT2D eigenvalue weighted by Gasteiger charge is 2.30. The number of nitriles is 1. The molecule has 1 saturated carbocycles. The Morgan fingerprint density at radius 1 is 1.64 bits per heavy atom. The van der Waals surface area contributed by atoms with E-state index in [1.54, 1.807) is 0 Å². The van der Waals surface area contributed by atoms with Crippen molar-refractivity contribution in [3.05, 3.63) is 0 Å². The van der Waals surface area contributed by atoms with Gasteiger partial charge in [0.2, 0.25) is 0 Å². The summed E-state index contributed by atoms with van der Waals surface area (Å²) in [5.41, 5.74) is 5.61. The molecule has 0 aromatic carbocycles. The van der Waals surface area contributed by atoms with Gasteiger partial charge in [-0.2, -0.15) is 5.26 Å². The van der Waals surface area contributed by atoms with Crippen LogP contribution in [0, 0.1) is 16.7 Å². The van der Waals surface area contributed by atoms with Crippen molar-refractivity contribution in [3.63, 3.8) is 0 Å². The van der Waals surface area contributed by atoms with Crippen molar-refractivity contribution in [2.45, 2.75) is 38.6 Å². The summed E-state index contributed by atoms with van der Waals surface area (Å²) in [4.78, 5) is 0. The Morgan fingerprint density at radius 3 is 2.64 bits per heavy atom. The molecule has 64 valence electrons. The Balaban J connectivity index is 0.000001000. The van der Waals surface area contributed by atoms with E-state index in [0.29, 0.717) is 0 Å². The monoisotopic (exact) mass is 174 g/mol. The second-order valence-corrected chi connectivity index (χ2v) is 3.53. The molecule has 0 aromatic rings. The summed E-state index contributed by atoms with van der Waals surface area (Å²) in [7, 11) is 0. The van der Waals surface area contributed by atoms with E-state index in [1.807, 2.05) is 6.92 Å². The Kier molecular flexibility index (Phi) is 3.85. The normalized spacial score (nSPS) is 37.0. The average molecular weight is 175 g/mol. The van der Waals surface area contributed by atoms with Crippen LogP contribution in [-0.4, -0.2) is 6.04 Å². The fourth-order valence-electron chi connectivity index (χ4n) is 1.64. The summed E-state index contributed by atoms with van der Waals surface area (Å²) in [6, 6.07) is 2.59. The number of hydrogen-bond acceptors (Lipinski definition) is 2. The second kappa shape index (κ2) is 3.94. The highest BCUT2D eigenvalue weighted by molar-refractivity contribution is 5.85. The summed E-state index contributed by atoms with van der Waals surface area (Å²) in [5.74, 6) is 0. The van der Waals surface area contributed by atoms with Crippen LogP contribution in [0.2, 0.25) is 0 Å². The first-order valence-corrected chi connectivity index (χ1v) is 3.83. The van der Waals surface area contributed by atoms with Crippen LogP contribution in [-0.2, 0) is 0 Å². The molecule has 11 heavy (non-hydrogen) atoms. The van der Waals surface area contributed by atoms with Gasteiger partial charge in [-0.25, -0.2) is 0 Å². The van der Waals surface area contributed by atoms with Crippen LogP contribution in [0.15, 0.2) is 0 Å². The van der Waals surface area contributed by atoms with Gasteiger partial charge in [0, 0.05) is 6.04 Å². The van der Waals surface area contributed by atoms with Crippen molar-refractivity contribution < 1.29 is 0 Å². The summed E-state index contributed by atoms with van der Waals surface area (Å²) in [5, 5.41) is 8.76. The molecule has 0 heterocycles. The fourth-order valence-corrected chi connectivity index (χ4v) is 1.64. The lowest BCUT2D eigenvalue weighted by Gasteiger charge is -2.30. The van der Waals surface area contributed by atoms with Gasteiger partial charge in [-0.3, -0.25) is 0 Å². The van der Waals surface area contributed by atoms with Crippen LogP contribution in [0.25, 0.3) is 0 Å². The minimum absolute atomic E-state index is 0. The molecular formula is C8H15ClN2. The highest BCUT2D eigenvalue weighted by atomic mass is 35.5. The predicted molar refractivity (Wildman–Crippen MR) is 47.4 cm³/mol. The summed E-state index contributed by atoms with van der Waals surface area (Å²) in [6.45, 7) is 2.01. The van der Waals surface area contributed by atoms with Crippen LogP contribution in [0.5, 0.6) is 0 Å². The predicted octanol–water partition coefficient (Wildman–Crippen LogP) is 1.84. The molecule has 0 aromatic heterocycles. The Labute approximate surface area is 74.2 Å². The molecule has 3 heteroatoms. The molecule has 0 bridgehead atoms. The largest absolute Gasteiger partial charge is 0.328 e. The van der Waals surface area contributed by atoms with Crippen LogP contribution in [0.4, 0.5) is 0 Å². The van der Waals surface area contributed by atoms with Crippen LogP contribution >= 0.6 is 12.4 Å². The van der Waals surface area contributed by atoms with E-state index in [0.717, 1.165) is 25.7 Å². The SMILES string of the molecule is C[C@@]1(C#N)CCC[C@@H](N)C1.Cl. The van der Waals surface area contributed by atoms with E-state index in [9.17, 15) is 0 Å². The Hall–Kier alpha value is -0.260. The third-order valence-electron chi connectivity index (χ3n) is 2.29. The highest BCUT2D eigenvalue weighted by Crippen LogP contribution is 2.33. The zero-order valence-corrected chi connectivity index (χ0v) is 7.66. The van der Waals surface area contributed by atoms with Crippen molar-refractivity contribution >= 4 is 12.4 Å². The maximum Gasteiger partial charge on any atom is 0.0687 e. The van der Waals surface area contributed by atoms with E-state index < -0.39 is 0 Å². The van der Waals surface area contributed by atoms with Crippen LogP contribution in [0.1, 0.15) is 32.6 Å². The van der Waals surface area contributed by atoms with E-state index in [4.69, 9.17) is 11.0 Å². The van der Waals surface area contributed by atoms with Gasteiger partial charge in [0.25, 0.3) is 0 Å². The van der Waals surface area contributed by atoms with E-state index in [1.165, 1.54) is 0 Å². The minimum atomic E-state index is -0.127. The number of halogens is 1. The zero-order valence-electron chi connectivity index (χ0n) is 6.84. The molecular weight excluding hydrogens is 160 g/mol. The van der Waals surface area contributed by atoms with Gasteiger partial charge in [0.05, 0.1) is 11.5 Å². The third kappa shape index (κ3) is 2.69. The summed E-state index contributed by atoms with van der Waals surface area (Å²) < 4.78 is 0. The standard InChI is InChI=1S/C8H14N2.ClH/c1-8(6-9)4-2-3-7(10)5-8;/h7H,2-5,10H2,1H3;1H/t7-,8-;/m1./s1. The molecule has 2 N–H and O–H groups in total. The lowest BCUT2D eigenvalue weighted by Crippen LogP contribution is -2.33. The molecule has 1 fully saturated rings. The molecule has 0 amide bonds.